The first-order valence-corrected chi connectivity index (χ1v) is 6.95. The van der Waals surface area contributed by atoms with E-state index >= 15 is 0 Å². The number of alkyl halides is 1. The molecule has 0 saturated carbocycles. The number of rotatable bonds is 5. The first-order valence-electron chi connectivity index (χ1n) is 4.60. The predicted molar refractivity (Wildman–Crippen MR) is 67.9 cm³/mol. The maximum absolute atomic E-state index is 11.6. The molecule has 1 N–H and O–H groups in total. The Morgan fingerprint density at radius 2 is 2.12 bits per heavy atom. The van der Waals surface area contributed by atoms with Gasteiger partial charge in [-0.05, 0) is 18.4 Å². The third-order valence-corrected chi connectivity index (χ3v) is 3.27. The SMILES string of the molecule is CSc1ccc(C(=O)CCBr)cc1C(=O)O. The van der Waals surface area contributed by atoms with Crippen molar-refractivity contribution in [1.29, 1.82) is 0 Å². The van der Waals surface area contributed by atoms with Crippen molar-refractivity contribution in [3.63, 3.8) is 0 Å². The molecule has 0 spiro atoms. The minimum Gasteiger partial charge on any atom is -0.478 e. The van der Waals surface area contributed by atoms with Crippen LogP contribution in [0.1, 0.15) is 27.1 Å². The zero-order valence-electron chi connectivity index (χ0n) is 8.70. The quantitative estimate of drug-likeness (QED) is 0.516. The van der Waals surface area contributed by atoms with Crippen LogP contribution in [0.2, 0.25) is 0 Å². The molecule has 86 valence electrons. The summed E-state index contributed by atoms with van der Waals surface area (Å²) in [4.78, 5) is 23.2. The molecule has 16 heavy (non-hydrogen) atoms. The Bertz CT molecular complexity index is 418. The Hall–Kier alpha value is -0.810. The van der Waals surface area contributed by atoms with Gasteiger partial charge in [-0.3, -0.25) is 4.79 Å². The summed E-state index contributed by atoms with van der Waals surface area (Å²) in [5.74, 6) is -1.05. The van der Waals surface area contributed by atoms with E-state index in [1.165, 1.54) is 17.8 Å². The summed E-state index contributed by atoms with van der Waals surface area (Å²) in [7, 11) is 0. The molecule has 0 amide bonds. The number of carboxylic acid groups (broad SMARTS) is 1. The van der Waals surface area contributed by atoms with Crippen LogP contribution in [-0.2, 0) is 0 Å². The van der Waals surface area contributed by atoms with Gasteiger partial charge in [-0.25, -0.2) is 4.79 Å². The summed E-state index contributed by atoms with van der Waals surface area (Å²) >= 11 is 4.54. The number of Topliss-reactive ketones (excluding diaryl/α,β-unsaturated/α-hetero) is 1. The highest BCUT2D eigenvalue weighted by molar-refractivity contribution is 9.09. The van der Waals surface area contributed by atoms with Gasteiger partial charge in [0, 0.05) is 22.2 Å². The van der Waals surface area contributed by atoms with E-state index in [4.69, 9.17) is 5.11 Å². The smallest absolute Gasteiger partial charge is 0.336 e. The van der Waals surface area contributed by atoms with Crippen molar-refractivity contribution < 1.29 is 14.7 Å². The number of aromatic carboxylic acids is 1. The molecule has 5 heteroatoms. The Morgan fingerprint density at radius 3 is 2.62 bits per heavy atom. The number of ketones is 1. The van der Waals surface area contributed by atoms with Gasteiger partial charge >= 0.3 is 5.97 Å². The highest BCUT2D eigenvalue weighted by atomic mass is 79.9. The minimum absolute atomic E-state index is 0.0490. The molecule has 0 aliphatic heterocycles. The fourth-order valence-electron chi connectivity index (χ4n) is 1.28. The molecule has 0 atom stereocenters. The predicted octanol–water partition coefficient (Wildman–Crippen LogP) is 3.07. The summed E-state index contributed by atoms with van der Waals surface area (Å²) in [6, 6.07) is 4.79. The second kappa shape index (κ2) is 6.06. The maximum Gasteiger partial charge on any atom is 0.336 e. The fourth-order valence-corrected chi connectivity index (χ4v) is 2.21. The van der Waals surface area contributed by atoms with Gasteiger partial charge in [-0.1, -0.05) is 22.0 Å². The van der Waals surface area contributed by atoms with Gasteiger partial charge in [0.05, 0.1) is 5.56 Å². The molecular weight excluding hydrogens is 292 g/mol. The molecule has 0 saturated heterocycles. The van der Waals surface area contributed by atoms with Crippen LogP contribution in [0.5, 0.6) is 0 Å². The number of hydrogen-bond donors (Lipinski definition) is 1. The van der Waals surface area contributed by atoms with Crippen LogP contribution in [0.3, 0.4) is 0 Å². The van der Waals surface area contributed by atoms with Crippen molar-refractivity contribution in [3.8, 4) is 0 Å². The van der Waals surface area contributed by atoms with Crippen molar-refractivity contribution in [2.24, 2.45) is 0 Å². The Balaban J connectivity index is 3.11. The van der Waals surface area contributed by atoms with Gasteiger partial charge in [-0.15, -0.1) is 11.8 Å². The Kier molecular flexibility index (Phi) is 5.02. The van der Waals surface area contributed by atoms with Crippen LogP contribution in [0.25, 0.3) is 0 Å². The van der Waals surface area contributed by atoms with E-state index in [2.05, 4.69) is 15.9 Å². The minimum atomic E-state index is -1.00. The summed E-state index contributed by atoms with van der Waals surface area (Å²) in [5.41, 5.74) is 0.641. The third-order valence-electron chi connectivity index (χ3n) is 2.07. The van der Waals surface area contributed by atoms with Crippen LogP contribution >= 0.6 is 27.7 Å². The van der Waals surface area contributed by atoms with E-state index in [0.717, 1.165) is 0 Å². The van der Waals surface area contributed by atoms with Gasteiger partial charge < -0.3 is 5.11 Å². The molecule has 0 heterocycles. The highest BCUT2D eigenvalue weighted by Gasteiger charge is 2.13. The van der Waals surface area contributed by atoms with Crippen molar-refractivity contribution in [2.75, 3.05) is 11.6 Å². The van der Waals surface area contributed by atoms with Crippen molar-refractivity contribution in [3.05, 3.63) is 29.3 Å². The van der Waals surface area contributed by atoms with E-state index in [-0.39, 0.29) is 11.3 Å². The Morgan fingerprint density at radius 1 is 1.44 bits per heavy atom. The highest BCUT2D eigenvalue weighted by Crippen LogP contribution is 2.22. The van der Waals surface area contributed by atoms with Gasteiger partial charge in [0.1, 0.15) is 0 Å². The number of carbonyl (C=O) groups excluding carboxylic acids is 1. The summed E-state index contributed by atoms with van der Waals surface area (Å²) in [5, 5.41) is 9.58. The van der Waals surface area contributed by atoms with Gasteiger partial charge in [0.25, 0.3) is 0 Å². The zero-order chi connectivity index (χ0) is 12.1. The molecule has 0 bridgehead atoms. The average molecular weight is 303 g/mol. The molecular formula is C11H11BrO3S. The summed E-state index contributed by atoms with van der Waals surface area (Å²) < 4.78 is 0. The van der Waals surface area contributed by atoms with Gasteiger partial charge in [-0.2, -0.15) is 0 Å². The first-order chi connectivity index (χ1) is 7.60. The molecule has 3 nitrogen and oxygen atoms in total. The standard InChI is InChI=1S/C11H11BrO3S/c1-16-10-3-2-7(9(13)4-5-12)6-8(10)11(14)15/h2-3,6H,4-5H2,1H3,(H,14,15). The second-order valence-corrected chi connectivity index (χ2v) is 4.72. The van der Waals surface area contributed by atoms with Crippen LogP contribution in [0.4, 0.5) is 0 Å². The lowest BCUT2D eigenvalue weighted by molar-refractivity contribution is 0.0693. The average Bonchev–Trinajstić information content (AvgIpc) is 2.28. The lowest BCUT2D eigenvalue weighted by Gasteiger charge is -2.05. The molecule has 0 aliphatic rings. The second-order valence-electron chi connectivity index (χ2n) is 3.08. The fraction of sp³-hybridized carbons (Fsp3) is 0.273. The lowest BCUT2D eigenvalue weighted by Crippen LogP contribution is -2.04. The zero-order valence-corrected chi connectivity index (χ0v) is 11.1. The van der Waals surface area contributed by atoms with Crippen LogP contribution in [-0.4, -0.2) is 28.4 Å². The largest absolute Gasteiger partial charge is 0.478 e. The third kappa shape index (κ3) is 3.09. The first kappa shape index (κ1) is 13.3. The van der Waals surface area contributed by atoms with Crippen LogP contribution in [0, 0.1) is 0 Å². The number of halogens is 1. The summed E-state index contributed by atoms with van der Waals surface area (Å²) in [6.45, 7) is 0. The van der Waals surface area contributed by atoms with Crippen LogP contribution in [0.15, 0.2) is 23.1 Å². The molecule has 0 fully saturated rings. The normalized spacial score (nSPS) is 10.1. The molecule has 0 aliphatic carbocycles. The van der Waals surface area contributed by atoms with E-state index < -0.39 is 5.97 Å². The molecule has 1 aromatic carbocycles. The van der Waals surface area contributed by atoms with E-state index in [1.54, 1.807) is 12.1 Å². The van der Waals surface area contributed by atoms with Crippen LogP contribution < -0.4 is 0 Å². The van der Waals surface area contributed by atoms with Gasteiger partial charge in [0.2, 0.25) is 0 Å². The number of carboxylic acids is 1. The van der Waals surface area contributed by atoms with E-state index in [9.17, 15) is 9.59 Å². The molecule has 1 aromatic rings. The summed E-state index contributed by atoms with van der Waals surface area (Å²) in [6.07, 6.45) is 2.18. The number of thioether (sulfide) groups is 1. The lowest BCUT2D eigenvalue weighted by atomic mass is 10.1. The monoisotopic (exact) mass is 302 g/mol. The molecule has 1 rings (SSSR count). The molecule has 0 unspecified atom stereocenters. The Labute approximate surface area is 106 Å². The molecule has 0 radical (unpaired) electrons. The van der Waals surface area contributed by atoms with Gasteiger partial charge in [0.15, 0.2) is 5.78 Å². The van der Waals surface area contributed by atoms with Crippen molar-refractivity contribution >= 4 is 39.4 Å². The van der Waals surface area contributed by atoms with E-state index in [1.807, 2.05) is 6.26 Å². The van der Waals surface area contributed by atoms with E-state index in [0.29, 0.717) is 22.2 Å². The number of carbonyl (C=O) groups is 2. The number of hydrogen-bond acceptors (Lipinski definition) is 3. The topological polar surface area (TPSA) is 54.4 Å². The van der Waals surface area contributed by atoms with Crippen molar-refractivity contribution in [2.45, 2.75) is 11.3 Å². The maximum atomic E-state index is 11.6. The molecule has 0 aromatic heterocycles. The number of benzene rings is 1. The van der Waals surface area contributed by atoms with Crippen molar-refractivity contribution in [1.82, 2.24) is 0 Å².